The maximum Gasteiger partial charge on any atom is 0.142 e. The number of aromatic nitrogens is 3. The van der Waals surface area contributed by atoms with Crippen LogP contribution in [0.2, 0.25) is 0 Å². The molecule has 2 aromatic heterocycles. The van der Waals surface area contributed by atoms with Gasteiger partial charge in [0.1, 0.15) is 23.2 Å². The van der Waals surface area contributed by atoms with Crippen LogP contribution in [-0.2, 0) is 6.42 Å². The highest BCUT2D eigenvalue weighted by atomic mass is 16.3. The fourth-order valence-electron chi connectivity index (χ4n) is 2.70. The van der Waals surface area contributed by atoms with Crippen molar-refractivity contribution in [1.82, 2.24) is 15.2 Å². The van der Waals surface area contributed by atoms with Gasteiger partial charge >= 0.3 is 0 Å². The fraction of sp³-hybridized carbons (Fsp3) is 0.167. The van der Waals surface area contributed by atoms with Crippen molar-refractivity contribution in [2.45, 2.75) is 20.3 Å². The summed E-state index contributed by atoms with van der Waals surface area (Å²) in [6.45, 7) is 3.92. The number of phenols is 1. The third-order valence-electron chi connectivity index (χ3n) is 3.99. The summed E-state index contributed by atoms with van der Waals surface area (Å²) in [4.78, 5) is 4.39. The summed E-state index contributed by atoms with van der Waals surface area (Å²) >= 11 is 0. The van der Waals surface area contributed by atoms with Gasteiger partial charge in [0.15, 0.2) is 0 Å². The van der Waals surface area contributed by atoms with E-state index in [1.165, 1.54) is 0 Å². The summed E-state index contributed by atoms with van der Waals surface area (Å²) in [5, 5.41) is 26.3. The van der Waals surface area contributed by atoms with E-state index in [0.29, 0.717) is 22.5 Å². The van der Waals surface area contributed by atoms with E-state index in [1.807, 2.05) is 19.9 Å². The number of aromatic amines is 1. The zero-order valence-electron chi connectivity index (χ0n) is 13.5. The van der Waals surface area contributed by atoms with Crippen LogP contribution >= 0.6 is 0 Å². The molecule has 6 heteroatoms. The topological polar surface area (TPSA) is 112 Å². The number of nitriles is 1. The maximum absolute atomic E-state index is 9.51. The van der Waals surface area contributed by atoms with Gasteiger partial charge in [0, 0.05) is 16.8 Å². The molecule has 0 aliphatic rings. The van der Waals surface area contributed by atoms with Gasteiger partial charge in [-0.25, -0.2) is 4.98 Å². The molecule has 1 aromatic carbocycles. The summed E-state index contributed by atoms with van der Waals surface area (Å²) in [6.07, 6.45) is 0.819. The molecule has 0 atom stereocenters. The zero-order valence-corrected chi connectivity index (χ0v) is 13.5. The number of nitrogens with one attached hydrogen (secondary N) is 1. The standard InChI is InChI=1S/C18H17N5O/c1-3-12-8-15(23-22-12)16-10(2)17(21-18(20)14(16)9-19)11-4-6-13(24)7-5-11/h4-8,24H,3H2,1-2H3,(H2,20,21)(H,22,23). The Kier molecular flexibility index (Phi) is 3.92. The van der Waals surface area contributed by atoms with Gasteiger partial charge in [0.2, 0.25) is 0 Å². The molecule has 3 rings (SSSR count). The highest BCUT2D eigenvalue weighted by molar-refractivity contribution is 5.82. The van der Waals surface area contributed by atoms with E-state index in [1.54, 1.807) is 24.3 Å². The van der Waals surface area contributed by atoms with Crippen LogP contribution in [0.3, 0.4) is 0 Å². The van der Waals surface area contributed by atoms with Gasteiger partial charge in [-0.3, -0.25) is 5.10 Å². The normalized spacial score (nSPS) is 10.5. The van der Waals surface area contributed by atoms with Crippen molar-refractivity contribution < 1.29 is 5.11 Å². The Morgan fingerprint density at radius 1 is 1.29 bits per heavy atom. The van der Waals surface area contributed by atoms with Crippen molar-refractivity contribution >= 4 is 5.82 Å². The first-order chi connectivity index (χ1) is 11.5. The molecular formula is C18H17N5O. The number of hydrogen-bond acceptors (Lipinski definition) is 5. The number of phenolic OH excluding ortho intramolecular Hbond substituents is 1. The number of pyridine rings is 1. The van der Waals surface area contributed by atoms with Crippen LogP contribution in [0.25, 0.3) is 22.5 Å². The van der Waals surface area contributed by atoms with Crippen LogP contribution in [0.5, 0.6) is 5.75 Å². The highest BCUT2D eigenvalue weighted by Gasteiger charge is 2.20. The van der Waals surface area contributed by atoms with Gasteiger partial charge in [0.05, 0.1) is 11.4 Å². The third kappa shape index (κ3) is 2.57. The van der Waals surface area contributed by atoms with Crippen molar-refractivity contribution in [2.75, 3.05) is 5.73 Å². The van der Waals surface area contributed by atoms with E-state index >= 15 is 0 Å². The summed E-state index contributed by atoms with van der Waals surface area (Å²) in [6, 6.07) is 10.8. The van der Waals surface area contributed by atoms with Crippen LogP contribution in [-0.4, -0.2) is 20.3 Å². The Labute approximate surface area is 139 Å². The molecule has 0 amide bonds. The second-order valence-electron chi connectivity index (χ2n) is 5.51. The van der Waals surface area contributed by atoms with E-state index in [-0.39, 0.29) is 11.6 Å². The van der Waals surface area contributed by atoms with Crippen LogP contribution in [0.15, 0.2) is 30.3 Å². The summed E-state index contributed by atoms with van der Waals surface area (Å²) in [7, 11) is 0. The quantitative estimate of drug-likeness (QED) is 0.686. The molecule has 0 spiro atoms. The van der Waals surface area contributed by atoms with E-state index in [0.717, 1.165) is 23.2 Å². The lowest BCUT2D eigenvalue weighted by Crippen LogP contribution is -2.03. The van der Waals surface area contributed by atoms with Crippen LogP contribution in [0, 0.1) is 18.3 Å². The molecule has 0 fully saturated rings. The molecule has 0 bridgehead atoms. The number of aryl methyl sites for hydroxylation is 1. The number of nitrogen functional groups attached to an aromatic ring is 1. The molecule has 0 unspecified atom stereocenters. The number of rotatable bonds is 3. The lowest BCUT2D eigenvalue weighted by atomic mass is 9.95. The lowest BCUT2D eigenvalue weighted by Gasteiger charge is -2.13. The minimum atomic E-state index is 0.169. The Morgan fingerprint density at radius 2 is 2.00 bits per heavy atom. The van der Waals surface area contributed by atoms with E-state index in [9.17, 15) is 10.4 Å². The predicted molar refractivity (Wildman–Crippen MR) is 92.2 cm³/mol. The fourth-order valence-corrected chi connectivity index (χ4v) is 2.70. The van der Waals surface area contributed by atoms with Gasteiger partial charge < -0.3 is 10.8 Å². The summed E-state index contributed by atoms with van der Waals surface area (Å²) < 4.78 is 0. The van der Waals surface area contributed by atoms with Crippen molar-refractivity contribution in [3.05, 3.63) is 47.2 Å². The van der Waals surface area contributed by atoms with Gasteiger partial charge in [-0.15, -0.1) is 0 Å². The van der Waals surface area contributed by atoms with Crippen molar-refractivity contribution in [3.63, 3.8) is 0 Å². The van der Waals surface area contributed by atoms with E-state index < -0.39 is 0 Å². The number of hydrogen-bond donors (Lipinski definition) is 3. The first-order valence-corrected chi connectivity index (χ1v) is 7.59. The first kappa shape index (κ1) is 15.6. The number of H-pyrrole nitrogens is 1. The monoisotopic (exact) mass is 319 g/mol. The van der Waals surface area contributed by atoms with Gasteiger partial charge in [-0.1, -0.05) is 6.92 Å². The molecule has 3 aromatic rings. The summed E-state index contributed by atoms with van der Waals surface area (Å²) in [5.74, 6) is 0.348. The van der Waals surface area contributed by atoms with Gasteiger partial charge in [0.25, 0.3) is 0 Å². The minimum absolute atomic E-state index is 0.169. The Bertz CT molecular complexity index is 935. The number of anilines is 1. The van der Waals surface area contributed by atoms with Gasteiger partial charge in [-0.2, -0.15) is 10.4 Å². The van der Waals surface area contributed by atoms with Gasteiger partial charge in [-0.05, 0) is 49.2 Å². The molecule has 0 aliphatic carbocycles. The highest BCUT2D eigenvalue weighted by Crippen LogP contribution is 2.35. The molecule has 0 aliphatic heterocycles. The second kappa shape index (κ2) is 6.05. The SMILES string of the molecule is CCc1cc(-c2c(C)c(-c3ccc(O)cc3)nc(N)c2C#N)n[nH]1. The van der Waals surface area contributed by atoms with Crippen LogP contribution in [0.1, 0.15) is 23.7 Å². The predicted octanol–water partition coefficient (Wildman–Crippen LogP) is 3.17. The molecule has 6 nitrogen and oxygen atoms in total. The number of benzene rings is 1. The number of nitrogens with two attached hydrogens (primary N) is 1. The molecule has 24 heavy (non-hydrogen) atoms. The largest absolute Gasteiger partial charge is 0.508 e. The molecule has 120 valence electrons. The summed E-state index contributed by atoms with van der Waals surface area (Å²) in [5.41, 5.74) is 11.0. The Balaban J connectivity index is 2.27. The average molecular weight is 319 g/mol. The molecule has 2 heterocycles. The Morgan fingerprint density at radius 3 is 2.58 bits per heavy atom. The van der Waals surface area contributed by atoms with Crippen LogP contribution in [0.4, 0.5) is 5.82 Å². The van der Waals surface area contributed by atoms with E-state index in [2.05, 4.69) is 21.3 Å². The Hall–Kier alpha value is -3.33. The third-order valence-corrected chi connectivity index (χ3v) is 3.99. The second-order valence-corrected chi connectivity index (χ2v) is 5.51. The van der Waals surface area contributed by atoms with Crippen molar-refractivity contribution in [3.8, 4) is 34.3 Å². The van der Waals surface area contributed by atoms with Crippen molar-refractivity contribution in [2.24, 2.45) is 0 Å². The van der Waals surface area contributed by atoms with Crippen LogP contribution < -0.4 is 5.73 Å². The zero-order chi connectivity index (χ0) is 17.3. The maximum atomic E-state index is 9.51. The van der Waals surface area contributed by atoms with Crippen molar-refractivity contribution in [1.29, 1.82) is 5.26 Å². The smallest absolute Gasteiger partial charge is 0.142 e. The molecule has 0 radical (unpaired) electrons. The molecule has 4 N–H and O–H groups in total. The average Bonchev–Trinajstić information content (AvgIpc) is 3.05. The lowest BCUT2D eigenvalue weighted by molar-refractivity contribution is 0.475. The first-order valence-electron chi connectivity index (χ1n) is 7.59. The molecule has 0 saturated heterocycles. The molecular weight excluding hydrogens is 302 g/mol. The molecule has 0 saturated carbocycles. The minimum Gasteiger partial charge on any atom is -0.508 e. The number of aromatic hydroxyl groups is 1. The number of nitrogens with zero attached hydrogens (tertiary/aromatic N) is 3. The van der Waals surface area contributed by atoms with E-state index in [4.69, 9.17) is 5.73 Å².